The molecular formula is C14H20N4O3. The Bertz CT molecular complexity index is 724. The highest BCUT2D eigenvalue weighted by atomic mass is 16.6. The molecule has 1 N–H and O–H groups in total. The first-order valence-electron chi connectivity index (χ1n) is 6.68. The third kappa shape index (κ3) is 3.62. The van der Waals surface area contributed by atoms with E-state index in [9.17, 15) is 9.59 Å². The molecule has 21 heavy (non-hydrogen) atoms. The molecule has 0 saturated heterocycles. The number of hydrogen-bond donors (Lipinski definition) is 1. The van der Waals surface area contributed by atoms with Crippen LogP contribution in [0.15, 0.2) is 17.1 Å². The molecule has 2 aromatic heterocycles. The van der Waals surface area contributed by atoms with Crippen molar-refractivity contribution in [3.05, 3.63) is 33.9 Å². The van der Waals surface area contributed by atoms with Crippen LogP contribution in [0.3, 0.4) is 0 Å². The number of aryl methyl sites for hydroxylation is 1. The molecule has 0 saturated carbocycles. The number of carbonyl (C=O) groups excluding carboxylic acids is 1. The maximum atomic E-state index is 11.9. The summed E-state index contributed by atoms with van der Waals surface area (Å²) in [5, 5.41) is 4.33. The van der Waals surface area contributed by atoms with Crippen molar-refractivity contribution in [2.24, 2.45) is 0 Å². The van der Waals surface area contributed by atoms with Crippen molar-refractivity contribution in [1.82, 2.24) is 19.5 Å². The van der Waals surface area contributed by atoms with Crippen LogP contribution in [0, 0.1) is 6.92 Å². The van der Waals surface area contributed by atoms with Gasteiger partial charge in [0.2, 0.25) is 0 Å². The maximum absolute atomic E-state index is 11.9. The monoisotopic (exact) mass is 292 g/mol. The van der Waals surface area contributed by atoms with Crippen LogP contribution in [0.1, 0.15) is 32.0 Å². The van der Waals surface area contributed by atoms with Gasteiger partial charge in [0.15, 0.2) is 0 Å². The van der Waals surface area contributed by atoms with Gasteiger partial charge >= 0.3 is 6.09 Å². The first-order valence-corrected chi connectivity index (χ1v) is 6.68. The molecule has 2 rings (SSSR count). The Hall–Kier alpha value is -2.31. The number of ether oxygens (including phenoxy) is 1. The molecule has 0 unspecified atom stereocenters. The zero-order chi connectivity index (χ0) is 15.8. The number of rotatable bonds is 2. The zero-order valence-corrected chi connectivity index (χ0v) is 12.9. The van der Waals surface area contributed by atoms with Crippen molar-refractivity contribution in [3.63, 3.8) is 0 Å². The predicted molar refractivity (Wildman–Crippen MR) is 78.3 cm³/mol. The van der Waals surface area contributed by atoms with Crippen molar-refractivity contribution in [2.45, 2.75) is 39.8 Å². The molecule has 0 aliphatic rings. The van der Waals surface area contributed by atoms with E-state index in [2.05, 4.69) is 10.1 Å². The second kappa shape index (κ2) is 5.23. The minimum Gasteiger partial charge on any atom is -0.444 e. The van der Waals surface area contributed by atoms with Crippen molar-refractivity contribution in [1.29, 1.82) is 0 Å². The predicted octanol–water partition coefficient (Wildman–Crippen LogP) is 1.70. The highest BCUT2D eigenvalue weighted by Gasteiger charge is 2.20. The quantitative estimate of drug-likeness (QED) is 0.913. The van der Waals surface area contributed by atoms with Gasteiger partial charge in [-0.1, -0.05) is 0 Å². The van der Waals surface area contributed by atoms with E-state index in [-0.39, 0.29) is 5.56 Å². The Balaban J connectivity index is 2.16. The number of aromatic nitrogens is 3. The number of nitrogens with zero attached hydrogens (tertiary/aromatic N) is 3. The molecule has 0 spiro atoms. The third-order valence-electron chi connectivity index (χ3n) is 2.81. The van der Waals surface area contributed by atoms with E-state index >= 15 is 0 Å². The van der Waals surface area contributed by atoms with Crippen LogP contribution in [0.25, 0.3) is 5.65 Å². The van der Waals surface area contributed by atoms with Crippen molar-refractivity contribution in [3.8, 4) is 0 Å². The minimum atomic E-state index is -0.535. The maximum Gasteiger partial charge on any atom is 0.410 e. The Kier molecular flexibility index (Phi) is 3.76. The van der Waals surface area contributed by atoms with Crippen LogP contribution >= 0.6 is 0 Å². The van der Waals surface area contributed by atoms with Gasteiger partial charge in [-0.05, 0) is 27.7 Å². The lowest BCUT2D eigenvalue weighted by atomic mass is 10.2. The summed E-state index contributed by atoms with van der Waals surface area (Å²) >= 11 is 0. The Morgan fingerprint density at radius 3 is 2.76 bits per heavy atom. The molecule has 0 aromatic carbocycles. The lowest BCUT2D eigenvalue weighted by Gasteiger charge is -2.24. The van der Waals surface area contributed by atoms with Gasteiger partial charge in [-0.3, -0.25) is 4.79 Å². The fraction of sp³-hybridized carbons (Fsp3) is 0.500. The average molecular weight is 292 g/mol. The van der Waals surface area contributed by atoms with Gasteiger partial charge in [-0.15, -0.1) is 0 Å². The van der Waals surface area contributed by atoms with Crippen molar-refractivity contribution in [2.75, 3.05) is 7.05 Å². The Morgan fingerprint density at radius 2 is 2.14 bits per heavy atom. The number of fused-ring (bicyclic) bond motifs is 1. The highest BCUT2D eigenvalue weighted by molar-refractivity contribution is 5.67. The lowest BCUT2D eigenvalue weighted by Crippen LogP contribution is -2.33. The van der Waals surface area contributed by atoms with Gasteiger partial charge < -0.3 is 14.6 Å². The van der Waals surface area contributed by atoms with Crippen LogP contribution < -0.4 is 5.56 Å². The summed E-state index contributed by atoms with van der Waals surface area (Å²) < 4.78 is 6.87. The number of aromatic amines is 1. The van der Waals surface area contributed by atoms with E-state index in [1.165, 1.54) is 4.90 Å². The zero-order valence-electron chi connectivity index (χ0n) is 12.9. The second-order valence-corrected chi connectivity index (χ2v) is 6.07. The number of hydrogen-bond acceptors (Lipinski definition) is 4. The summed E-state index contributed by atoms with van der Waals surface area (Å²) in [7, 11) is 1.64. The molecule has 0 fully saturated rings. The van der Waals surface area contributed by atoms with Crippen LogP contribution in [0.4, 0.5) is 4.79 Å². The van der Waals surface area contributed by atoms with Crippen LogP contribution in [-0.2, 0) is 11.3 Å². The molecule has 0 bridgehead atoms. The summed E-state index contributed by atoms with van der Waals surface area (Å²) in [5.41, 5.74) is 1.17. The largest absolute Gasteiger partial charge is 0.444 e. The standard InChI is InChI=1S/C14H20N4O3/c1-9-7-18-11(15-12(9)19)6-10(16-18)8-17(5)13(20)21-14(2,3)4/h6-7H,8H2,1-5H3,(H,15,19). The summed E-state index contributed by atoms with van der Waals surface area (Å²) in [6, 6.07) is 1.74. The molecule has 114 valence electrons. The van der Waals surface area contributed by atoms with E-state index < -0.39 is 11.7 Å². The van der Waals surface area contributed by atoms with Crippen LogP contribution in [0.5, 0.6) is 0 Å². The minimum absolute atomic E-state index is 0.144. The molecule has 7 nitrogen and oxygen atoms in total. The summed E-state index contributed by atoms with van der Waals surface area (Å²) in [6.07, 6.45) is 1.25. The molecule has 0 atom stereocenters. The lowest BCUT2D eigenvalue weighted by molar-refractivity contribution is 0.0283. The van der Waals surface area contributed by atoms with Gasteiger partial charge in [0, 0.05) is 24.9 Å². The van der Waals surface area contributed by atoms with Gasteiger partial charge in [-0.25, -0.2) is 9.31 Å². The van der Waals surface area contributed by atoms with Crippen LogP contribution in [-0.4, -0.2) is 38.2 Å². The number of carbonyl (C=O) groups is 1. The topological polar surface area (TPSA) is 79.7 Å². The molecule has 0 aliphatic carbocycles. The van der Waals surface area contributed by atoms with Crippen molar-refractivity contribution < 1.29 is 9.53 Å². The van der Waals surface area contributed by atoms with Gasteiger partial charge in [0.1, 0.15) is 11.2 Å². The molecule has 1 amide bonds. The fourth-order valence-electron chi connectivity index (χ4n) is 1.82. The molecule has 2 heterocycles. The molecule has 2 aromatic rings. The molecule has 7 heteroatoms. The first-order chi connectivity index (χ1) is 9.65. The summed E-state index contributed by atoms with van der Waals surface area (Å²) in [6.45, 7) is 7.47. The molecular weight excluding hydrogens is 272 g/mol. The second-order valence-electron chi connectivity index (χ2n) is 6.07. The normalized spacial score (nSPS) is 11.7. The van der Waals surface area contributed by atoms with Crippen LogP contribution in [0.2, 0.25) is 0 Å². The number of H-pyrrole nitrogens is 1. The fourth-order valence-corrected chi connectivity index (χ4v) is 1.82. The van der Waals surface area contributed by atoms with E-state index in [4.69, 9.17) is 4.74 Å². The highest BCUT2D eigenvalue weighted by Crippen LogP contribution is 2.11. The van der Waals surface area contributed by atoms with Crippen molar-refractivity contribution >= 4 is 11.7 Å². The average Bonchev–Trinajstić information content (AvgIpc) is 2.68. The van der Waals surface area contributed by atoms with Gasteiger partial charge in [0.25, 0.3) is 5.56 Å². The third-order valence-corrected chi connectivity index (χ3v) is 2.81. The van der Waals surface area contributed by atoms with E-state index in [1.54, 1.807) is 30.8 Å². The first kappa shape index (κ1) is 15.1. The van der Waals surface area contributed by atoms with E-state index in [1.807, 2.05) is 20.8 Å². The van der Waals surface area contributed by atoms with E-state index in [0.29, 0.717) is 23.4 Å². The SMILES string of the molecule is Cc1cn2nc(CN(C)C(=O)OC(C)(C)C)cc2[nH]c1=O. The van der Waals surface area contributed by atoms with Gasteiger partial charge in [0.05, 0.1) is 12.2 Å². The van der Waals surface area contributed by atoms with E-state index in [0.717, 1.165) is 0 Å². The number of nitrogens with one attached hydrogen (secondary N) is 1. The molecule has 0 aliphatic heterocycles. The molecule has 0 radical (unpaired) electrons. The smallest absolute Gasteiger partial charge is 0.410 e. The Labute approximate surface area is 122 Å². The van der Waals surface area contributed by atoms with Gasteiger partial charge in [-0.2, -0.15) is 5.10 Å². The summed E-state index contributed by atoms with van der Waals surface area (Å²) in [5.74, 6) is 0. The Morgan fingerprint density at radius 1 is 1.48 bits per heavy atom. The number of amides is 1. The summed E-state index contributed by atoms with van der Waals surface area (Å²) in [4.78, 5) is 27.6.